The van der Waals surface area contributed by atoms with Crippen LogP contribution in [0, 0.1) is 0 Å². The van der Waals surface area contributed by atoms with Crippen LogP contribution in [-0.2, 0) is 37.7 Å². The number of halogens is 9. The van der Waals surface area contributed by atoms with Crippen molar-refractivity contribution in [3.63, 3.8) is 0 Å². The van der Waals surface area contributed by atoms with Gasteiger partial charge in [0.2, 0.25) is 11.8 Å². The number of carboxylic acids is 1. The lowest BCUT2D eigenvalue weighted by Gasteiger charge is -2.10. The molecule has 5 N–H and O–H groups in total. The molecule has 0 aliphatic carbocycles. The molecular weight excluding hydrogens is 763 g/mol. The summed E-state index contributed by atoms with van der Waals surface area (Å²) in [5.74, 6) is -5.71. The van der Waals surface area contributed by atoms with E-state index in [4.69, 9.17) is 5.11 Å². The number of carboxylic acid groups (broad SMARTS) is 1. The van der Waals surface area contributed by atoms with Gasteiger partial charge in [0, 0.05) is 35.6 Å². The normalized spacial score (nSPS) is 11.4. The molecule has 0 fully saturated rings. The summed E-state index contributed by atoms with van der Waals surface area (Å²) in [6.07, 6.45) is -13.0. The summed E-state index contributed by atoms with van der Waals surface area (Å²) in [5, 5.41) is 12.7. The number of aliphatic carboxylic acids is 1. The van der Waals surface area contributed by atoms with Crippen LogP contribution in [-0.4, -0.2) is 59.4 Å². The predicted molar refractivity (Wildman–Crippen MR) is 171 cm³/mol. The number of nitrogens with one attached hydrogen (secondary N) is 4. The Bertz CT molecular complexity index is 1800. The van der Waals surface area contributed by atoms with E-state index in [-0.39, 0.29) is 23.1 Å². The maximum Gasteiger partial charge on any atom is 0.416 e. The minimum Gasteiger partial charge on any atom is -0.478 e. The number of carbonyl (C=O) groups is 7. The van der Waals surface area contributed by atoms with Crippen LogP contribution < -0.4 is 21.5 Å². The van der Waals surface area contributed by atoms with Crippen LogP contribution in [0.3, 0.4) is 0 Å². The molecule has 21 heteroatoms. The van der Waals surface area contributed by atoms with Crippen LogP contribution in [0.4, 0.5) is 39.5 Å². The molecule has 12 nitrogen and oxygen atoms in total. The molecule has 294 valence electrons. The molecular formula is C34H27F9N4O8. The Morgan fingerprint density at radius 1 is 0.491 bits per heavy atom. The first-order valence-corrected chi connectivity index (χ1v) is 15.1. The SMILES string of the molecule is O=C(CCC(=O)NNC(=O)c1ccc(C(F)(F)F)cc1)NCC(=O)c1ccc(C(F)(F)F)cc1.O=C(O)/C=C\C(=O)CNC(=O)c1ccc(C(F)(F)F)cc1. The topological polar surface area (TPSA) is 188 Å². The lowest BCUT2D eigenvalue weighted by atomic mass is 10.1. The van der Waals surface area contributed by atoms with Crippen molar-refractivity contribution in [2.75, 3.05) is 13.1 Å². The second-order valence-corrected chi connectivity index (χ2v) is 10.7. The number of hydrogen-bond donors (Lipinski definition) is 5. The molecule has 55 heavy (non-hydrogen) atoms. The van der Waals surface area contributed by atoms with Crippen LogP contribution in [0.2, 0.25) is 0 Å². The van der Waals surface area contributed by atoms with Gasteiger partial charge in [-0.3, -0.25) is 39.6 Å². The molecule has 0 saturated carbocycles. The number of hydrazine groups is 1. The van der Waals surface area contributed by atoms with Gasteiger partial charge in [-0.1, -0.05) is 12.1 Å². The highest BCUT2D eigenvalue weighted by molar-refractivity contribution is 6.01. The van der Waals surface area contributed by atoms with Crippen molar-refractivity contribution in [1.82, 2.24) is 21.5 Å². The Morgan fingerprint density at radius 3 is 1.31 bits per heavy atom. The van der Waals surface area contributed by atoms with Crippen LogP contribution in [0.1, 0.15) is 60.6 Å². The second-order valence-electron chi connectivity index (χ2n) is 10.7. The number of amides is 4. The number of rotatable bonds is 12. The summed E-state index contributed by atoms with van der Waals surface area (Å²) in [6.45, 7) is -0.958. The Labute approximate surface area is 303 Å². The summed E-state index contributed by atoms with van der Waals surface area (Å²) in [7, 11) is 0. The maximum atomic E-state index is 12.5. The van der Waals surface area contributed by atoms with Crippen LogP contribution >= 0.6 is 0 Å². The molecule has 0 unspecified atom stereocenters. The van der Waals surface area contributed by atoms with E-state index in [0.29, 0.717) is 18.2 Å². The van der Waals surface area contributed by atoms with E-state index >= 15 is 0 Å². The second kappa shape index (κ2) is 19.5. The standard InChI is InChI=1S/C21H17F6N3O4.C13H10F3NO4/c22-20(23,24)14-5-1-12(2-6-14)16(31)11-28-17(32)9-10-18(33)29-30-19(34)13-3-7-15(8-4-13)21(25,26)27;14-13(15,16)9-3-1-8(2-4-9)12(21)17-7-10(18)5-6-11(19)20/h1-8H,9-11H2,(H,28,32)(H,29,33)(H,30,34);1-6H,7H2,(H,17,21)(H,19,20)/b;6-5-. The van der Waals surface area contributed by atoms with Gasteiger partial charge in [0.15, 0.2) is 11.6 Å². The number of benzene rings is 3. The zero-order valence-electron chi connectivity index (χ0n) is 27.6. The van der Waals surface area contributed by atoms with Crippen LogP contribution in [0.5, 0.6) is 0 Å². The minimum absolute atomic E-state index is 0.0435. The van der Waals surface area contributed by atoms with Gasteiger partial charge in [-0.05, 0) is 66.7 Å². The van der Waals surface area contributed by atoms with Gasteiger partial charge < -0.3 is 15.7 Å². The number of ketones is 2. The zero-order chi connectivity index (χ0) is 41.6. The molecule has 0 atom stereocenters. The third-order valence-electron chi connectivity index (χ3n) is 6.66. The van der Waals surface area contributed by atoms with Gasteiger partial charge in [-0.2, -0.15) is 39.5 Å². The third kappa shape index (κ3) is 15.9. The number of hydrogen-bond acceptors (Lipinski definition) is 7. The quantitative estimate of drug-likeness (QED) is 0.0741. The smallest absolute Gasteiger partial charge is 0.416 e. The van der Waals surface area contributed by atoms with Crippen molar-refractivity contribution in [2.45, 2.75) is 31.4 Å². The molecule has 3 aromatic carbocycles. The fraction of sp³-hybridized carbons (Fsp3) is 0.206. The van der Waals surface area contributed by atoms with Crippen molar-refractivity contribution in [2.24, 2.45) is 0 Å². The van der Waals surface area contributed by atoms with Crippen molar-refractivity contribution in [3.05, 3.63) is 118 Å². The molecule has 0 aromatic heterocycles. The summed E-state index contributed by atoms with van der Waals surface area (Å²) >= 11 is 0. The summed E-state index contributed by atoms with van der Waals surface area (Å²) in [5.41, 5.74) is 0.974. The summed E-state index contributed by atoms with van der Waals surface area (Å²) < 4.78 is 112. The Balaban J connectivity index is 0.000000426. The molecule has 0 saturated heterocycles. The van der Waals surface area contributed by atoms with Gasteiger partial charge in [0.1, 0.15) is 0 Å². The monoisotopic (exact) mass is 790 g/mol. The van der Waals surface area contributed by atoms with E-state index in [2.05, 4.69) is 10.6 Å². The van der Waals surface area contributed by atoms with E-state index in [0.717, 1.165) is 66.7 Å². The number of alkyl halides is 9. The molecule has 4 amide bonds. The van der Waals surface area contributed by atoms with Crippen LogP contribution in [0.25, 0.3) is 0 Å². The Kier molecular flexibility index (Phi) is 15.8. The Morgan fingerprint density at radius 2 is 0.891 bits per heavy atom. The van der Waals surface area contributed by atoms with E-state index in [9.17, 15) is 73.1 Å². The van der Waals surface area contributed by atoms with Crippen molar-refractivity contribution in [1.29, 1.82) is 0 Å². The summed E-state index contributed by atoms with van der Waals surface area (Å²) in [4.78, 5) is 80.2. The van der Waals surface area contributed by atoms with E-state index in [1.165, 1.54) is 0 Å². The van der Waals surface area contributed by atoms with Crippen LogP contribution in [0.15, 0.2) is 84.9 Å². The molecule has 0 aliphatic heterocycles. The lowest BCUT2D eigenvalue weighted by molar-refractivity contribution is -0.138. The molecule has 0 bridgehead atoms. The van der Waals surface area contributed by atoms with E-state index in [1.807, 2.05) is 10.9 Å². The van der Waals surface area contributed by atoms with Gasteiger partial charge >= 0.3 is 24.5 Å². The van der Waals surface area contributed by atoms with Crippen molar-refractivity contribution >= 4 is 41.2 Å². The molecule has 3 aromatic rings. The molecule has 0 radical (unpaired) electrons. The average Bonchev–Trinajstić information content (AvgIpc) is 3.12. The van der Waals surface area contributed by atoms with Gasteiger partial charge in [0.05, 0.1) is 29.8 Å². The highest BCUT2D eigenvalue weighted by Gasteiger charge is 2.32. The zero-order valence-corrected chi connectivity index (χ0v) is 27.6. The lowest BCUT2D eigenvalue weighted by Crippen LogP contribution is -2.42. The average molecular weight is 791 g/mol. The summed E-state index contributed by atoms with van der Waals surface area (Å²) in [6, 6.07) is 10.1. The molecule has 0 spiro atoms. The predicted octanol–water partition coefficient (Wildman–Crippen LogP) is 4.91. The van der Waals surface area contributed by atoms with Gasteiger partial charge in [-0.25, -0.2) is 4.79 Å². The third-order valence-corrected chi connectivity index (χ3v) is 6.66. The highest BCUT2D eigenvalue weighted by atomic mass is 19.4. The molecule has 0 heterocycles. The fourth-order valence-electron chi connectivity index (χ4n) is 3.82. The minimum atomic E-state index is -4.56. The maximum absolute atomic E-state index is 12.5. The van der Waals surface area contributed by atoms with E-state index in [1.54, 1.807) is 0 Å². The van der Waals surface area contributed by atoms with Gasteiger partial charge in [-0.15, -0.1) is 0 Å². The largest absolute Gasteiger partial charge is 0.478 e. The van der Waals surface area contributed by atoms with Gasteiger partial charge in [0.25, 0.3) is 11.8 Å². The first-order chi connectivity index (χ1) is 25.5. The molecule has 3 rings (SSSR count). The molecule has 0 aliphatic rings. The van der Waals surface area contributed by atoms with E-state index < -0.39 is 95.9 Å². The number of Topliss-reactive ketones (excluding diaryl/α,β-unsaturated/α-hetero) is 1. The van der Waals surface area contributed by atoms with Crippen molar-refractivity contribution < 1.29 is 78.2 Å². The fourth-order valence-corrected chi connectivity index (χ4v) is 3.82. The Hall–Kier alpha value is -6.54. The first kappa shape index (κ1) is 44.6. The number of carbonyl (C=O) groups excluding carboxylic acids is 6. The van der Waals surface area contributed by atoms with Crippen molar-refractivity contribution in [3.8, 4) is 0 Å². The highest BCUT2D eigenvalue weighted by Crippen LogP contribution is 2.30. The first-order valence-electron chi connectivity index (χ1n) is 15.1.